The van der Waals surface area contributed by atoms with Gasteiger partial charge in [0.15, 0.2) is 11.2 Å². The summed E-state index contributed by atoms with van der Waals surface area (Å²) in [7, 11) is 0. The molecule has 0 radical (unpaired) electrons. The van der Waals surface area contributed by atoms with Crippen molar-refractivity contribution in [2.75, 3.05) is 57.2 Å². The number of aliphatic carboxylic acids is 1. The van der Waals surface area contributed by atoms with Gasteiger partial charge in [-0.05, 0) is 37.1 Å². The van der Waals surface area contributed by atoms with Gasteiger partial charge in [0, 0.05) is 37.2 Å². The molecule has 44 heavy (non-hydrogen) atoms. The van der Waals surface area contributed by atoms with Crippen LogP contribution in [0.1, 0.15) is 41.7 Å². The van der Waals surface area contributed by atoms with Crippen LogP contribution in [0, 0.1) is 0 Å². The van der Waals surface area contributed by atoms with Crippen molar-refractivity contribution in [3.63, 3.8) is 0 Å². The third-order valence-corrected chi connectivity index (χ3v) is 6.17. The SMILES string of the molecule is NCCOCCOCCOCCCC(=O)CC[C@H](NC(=O)c1ccc(NCc2cnc3nc(N)[nH]c(=O)c3n2)cc1)C(=O)O. The van der Waals surface area contributed by atoms with E-state index in [0.717, 1.165) is 0 Å². The Morgan fingerprint density at radius 3 is 2.32 bits per heavy atom. The number of Topliss-reactive ketones (excluding diaryl/α,β-unsaturated/α-hetero) is 1. The van der Waals surface area contributed by atoms with E-state index >= 15 is 0 Å². The van der Waals surface area contributed by atoms with E-state index in [2.05, 4.69) is 30.6 Å². The third kappa shape index (κ3) is 11.6. The number of nitrogen functional groups attached to an aromatic ring is 1. The molecule has 0 spiro atoms. The second-order valence-corrected chi connectivity index (χ2v) is 9.59. The summed E-state index contributed by atoms with van der Waals surface area (Å²) in [6.07, 6.45) is 2.20. The molecule has 8 N–H and O–H groups in total. The van der Waals surface area contributed by atoms with Gasteiger partial charge in [-0.15, -0.1) is 0 Å². The minimum Gasteiger partial charge on any atom is -0.480 e. The molecular formula is C28H38N8O8. The first-order valence-electron chi connectivity index (χ1n) is 14.1. The number of aromatic nitrogens is 4. The highest BCUT2D eigenvalue weighted by molar-refractivity contribution is 5.97. The number of hydrogen-bond donors (Lipinski definition) is 6. The number of amides is 1. The number of H-pyrrole nitrogens is 1. The molecule has 16 nitrogen and oxygen atoms in total. The van der Waals surface area contributed by atoms with Crippen molar-refractivity contribution in [3.05, 3.63) is 52.1 Å². The molecule has 238 valence electrons. The van der Waals surface area contributed by atoms with E-state index in [9.17, 15) is 24.3 Å². The first kappa shape index (κ1) is 34.0. The van der Waals surface area contributed by atoms with Crippen molar-refractivity contribution in [1.29, 1.82) is 0 Å². The van der Waals surface area contributed by atoms with Crippen molar-refractivity contribution in [2.45, 2.75) is 38.3 Å². The molecule has 0 saturated heterocycles. The van der Waals surface area contributed by atoms with Crippen LogP contribution in [0.2, 0.25) is 0 Å². The van der Waals surface area contributed by atoms with Gasteiger partial charge in [0.05, 0.1) is 51.5 Å². The number of anilines is 2. The normalized spacial score (nSPS) is 11.8. The average Bonchev–Trinajstić information content (AvgIpc) is 3.01. The Morgan fingerprint density at radius 1 is 0.955 bits per heavy atom. The fourth-order valence-corrected chi connectivity index (χ4v) is 3.91. The molecule has 0 saturated carbocycles. The van der Waals surface area contributed by atoms with Crippen LogP contribution in [0.4, 0.5) is 11.6 Å². The molecule has 0 aliphatic carbocycles. The van der Waals surface area contributed by atoms with E-state index in [4.69, 9.17) is 25.7 Å². The van der Waals surface area contributed by atoms with Crippen LogP contribution in [0.15, 0.2) is 35.3 Å². The van der Waals surface area contributed by atoms with E-state index in [1.54, 1.807) is 12.1 Å². The highest BCUT2D eigenvalue weighted by Crippen LogP contribution is 2.13. The number of ketones is 1. The fraction of sp³-hybridized carbons (Fsp3) is 0.464. The van der Waals surface area contributed by atoms with Crippen LogP contribution < -0.4 is 27.7 Å². The van der Waals surface area contributed by atoms with Crippen LogP contribution >= 0.6 is 0 Å². The maximum atomic E-state index is 12.7. The standard InChI is InChI=1S/C28H38N8O8/c29-9-11-43-13-15-44-14-12-42-10-1-2-21(37)7-8-22(27(40)41)34-25(38)18-3-5-19(6-4-18)31-16-20-17-32-24-23(33-20)26(39)36-28(30)35-24/h3-6,17,22,31H,1-2,7-16,29H2,(H,34,38)(H,40,41)(H3,30,32,35,36,39)/t22-/m0/s1. The number of aromatic amines is 1. The molecule has 0 unspecified atom stereocenters. The minimum atomic E-state index is -1.23. The van der Waals surface area contributed by atoms with Crippen LogP contribution in [0.3, 0.4) is 0 Å². The number of nitrogens with one attached hydrogen (secondary N) is 3. The van der Waals surface area contributed by atoms with Gasteiger partial charge in [-0.3, -0.25) is 19.4 Å². The topological polar surface area (TPSA) is 247 Å². The van der Waals surface area contributed by atoms with Crippen molar-refractivity contribution in [1.82, 2.24) is 25.3 Å². The van der Waals surface area contributed by atoms with Crippen molar-refractivity contribution in [3.8, 4) is 0 Å². The van der Waals surface area contributed by atoms with E-state index in [1.165, 1.54) is 18.3 Å². The molecule has 1 atom stereocenters. The summed E-state index contributed by atoms with van der Waals surface area (Å²) in [5.41, 5.74) is 11.9. The molecule has 3 rings (SSSR count). The molecule has 1 aromatic carbocycles. The number of nitrogens with zero attached hydrogens (tertiary/aromatic N) is 3. The lowest BCUT2D eigenvalue weighted by Crippen LogP contribution is -2.41. The number of rotatable bonds is 21. The predicted molar refractivity (Wildman–Crippen MR) is 160 cm³/mol. The Hall–Kier alpha value is -4.51. The van der Waals surface area contributed by atoms with Crippen molar-refractivity contribution < 1.29 is 33.7 Å². The Morgan fingerprint density at radius 2 is 1.64 bits per heavy atom. The smallest absolute Gasteiger partial charge is 0.326 e. The predicted octanol–water partition coefficient (Wildman–Crippen LogP) is 0.228. The van der Waals surface area contributed by atoms with E-state index in [-0.39, 0.29) is 54.3 Å². The second-order valence-electron chi connectivity index (χ2n) is 9.59. The first-order chi connectivity index (χ1) is 21.3. The summed E-state index contributed by atoms with van der Waals surface area (Å²) >= 11 is 0. The largest absolute Gasteiger partial charge is 0.480 e. The van der Waals surface area contributed by atoms with E-state index in [1.807, 2.05) is 0 Å². The molecule has 2 heterocycles. The van der Waals surface area contributed by atoms with Gasteiger partial charge in [0.25, 0.3) is 11.5 Å². The number of carboxylic acid groups (broad SMARTS) is 1. The third-order valence-electron chi connectivity index (χ3n) is 6.17. The summed E-state index contributed by atoms with van der Waals surface area (Å²) < 4.78 is 16.0. The number of ether oxygens (including phenoxy) is 3. The molecule has 2 aromatic heterocycles. The van der Waals surface area contributed by atoms with Gasteiger partial charge in [-0.2, -0.15) is 4.98 Å². The second kappa shape index (κ2) is 18.2. The molecule has 0 fully saturated rings. The number of benzene rings is 1. The van der Waals surface area contributed by atoms with Crippen LogP contribution in [-0.4, -0.2) is 94.9 Å². The van der Waals surface area contributed by atoms with E-state index in [0.29, 0.717) is 64.0 Å². The van der Waals surface area contributed by atoms with Gasteiger partial charge in [-0.1, -0.05) is 0 Å². The van der Waals surface area contributed by atoms with Crippen LogP contribution in [-0.2, 0) is 30.3 Å². The fourth-order valence-electron chi connectivity index (χ4n) is 3.91. The maximum absolute atomic E-state index is 12.7. The molecule has 16 heteroatoms. The lowest BCUT2D eigenvalue weighted by molar-refractivity contribution is -0.139. The van der Waals surface area contributed by atoms with E-state index < -0.39 is 23.5 Å². The summed E-state index contributed by atoms with van der Waals surface area (Å²) in [6, 6.07) is 5.14. The van der Waals surface area contributed by atoms with Crippen LogP contribution in [0.5, 0.6) is 0 Å². The van der Waals surface area contributed by atoms with Gasteiger partial charge in [0.2, 0.25) is 5.95 Å². The zero-order chi connectivity index (χ0) is 31.7. The molecule has 1 amide bonds. The molecule has 0 bridgehead atoms. The van der Waals surface area contributed by atoms with Crippen LogP contribution in [0.25, 0.3) is 11.2 Å². The quantitative estimate of drug-likeness (QED) is 0.0879. The number of hydrogen-bond acceptors (Lipinski definition) is 13. The summed E-state index contributed by atoms with van der Waals surface area (Å²) in [5, 5.41) is 15.1. The monoisotopic (exact) mass is 614 g/mol. The average molecular weight is 615 g/mol. The van der Waals surface area contributed by atoms with Gasteiger partial charge in [0.1, 0.15) is 11.8 Å². The number of carbonyl (C=O) groups is 3. The molecule has 3 aromatic rings. The number of carboxylic acids is 1. The summed E-state index contributed by atoms with van der Waals surface area (Å²) in [4.78, 5) is 63.3. The Balaban J connectivity index is 1.36. The highest BCUT2D eigenvalue weighted by Gasteiger charge is 2.21. The minimum absolute atomic E-state index is 0.0129. The Kier molecular flexibility index (Phi) is 14.1. The lowest BCUT2D eigenvalue weighted by Gasteiger charge is -2.14. The molecular weight excluding hydrogens is 576 g/mol. The van der Waals surface area contributed by atoms with Gasteiger partial charge < -0.3 is 41.4 Å². The highest BCUT2D eigenvalue weighted by atomic mass is 16.5. The van der Waals surface area contributed by atoms with Gasteiger partial charge >= 0.3 is 5.97 Å². The lowest BCUT2D eigenvalue weighted by atomic mass is 10.1. The van der Waals surface area contributed by atoms with Crippen molar-refractivity contribution in [2.24, 2.45) is 5.73 Å². The summed E-state index contributed by atoms with van der Waals surface area (Å²) in [5.74, 6) is -1.97. The maximum Gasteiger partial charge on any atom is 0.326 e. The summed E-state index contributed by atoms with van der Waals surface area (Å²) in [6.45, 7) is 3.31. The number of nitrogens with two attached hydrogens (primary N) is 2. The molecule has 0 aliphatic heterocycles. The number of fused-ring (bicyclic) bond motifs is 1. The Labute approximate surface area is 252 Å². The molecule has 0 aliphatic rings. The number of carbonyl (C=O) groups excluding carboxylic acids is 2. The van der Waals surface area contributed by atoms with Gasteiger partial charge in [-0.25, -0.2) is 14.8 Å². The zero-order valence-corrected chi connectivity index (χ0v) is 24.3. The zero-order valence-electron chi connectivity index (χ0n) is 24.3. The Bertz CT molecular complexity index is 1430. The first-order valence-corrected chi connectivity index (χ1v) is 14.1. The van der Waals surface area contributed by atoms with Crippen molar-refractivity contribution >= 4 is 40.5 Å².